The molecule has 1 saturated carbocycles. The van der Waals surface area contributed by atoms with Crippen molar-refractivity contribution in [3.63, 3.8) is 0 Å². The average Bonchev–Trinajstić information content (AvgIpc) is 2.39. The van der Waals surface area contributed by atoms with Crippen LogP contribution in [0.1, 0.15) is 45.1 Å². The Hall–Kier alpha value is -1.02. The molecule has 0 saturated heterocycles. The molecule has 1 aromatic carbocycles. The van der Waals surface area contributed by atoms with E-state index in [1.165, 1.54) is 31.2 Å². The molecule has 0 bridgehead atoms. The van der Waals surface area contributed by atoms with Crippen molar-refractivity contribution in [1.29, 1.82) is 0 Å². The summed E-state index contributed by atoms with van der Waals surface area (Å²) in [5.41, 5.74) is 8.19. The van der Waals surface area contributed by atoms with E-state index in [-0.39, 0.29) is 6.04 Å². The fourth-order valence-corrected chi connectivity index (χ4v) is 3.14. The van der Waals surface area contributed by atoms with Crippen LogP contribution in [0.4, 0.5) is 0 Å². The Balaban J connectivity index is 1.96. The molecule has 106 valence electrons. The predicted octanol–water partition coefficient (Wildman–Crippen LogP) is 3.78. The van der Waals surface area contributed by atoms with Crippen LogP contribution in [0.15, 0.2) is 24.3 Å². The molecule has 2 rings (SSSR count). The fourth-order valence-electron chi connectivity index (χ4n) is 3.14. The minimum absolute atomic E-state index is 0.257. The van der Waals surface area contributed by atoms with E-state index in [2.05, 4.69) is 26.0 Å². The minimum atomic E-state index is 0.257. The Morgan fingerprint density at radius 2 is 1.89 bits per heavy atom. The second-order valence-electron chi connectivity index (χ2n) is 6.68. The number of rotatable bonds is 4. The Kier molecular flexibility index (Phi) is 4.51. The lowest BCUT2D eigenvalue weighted by molar-refractivity contribution is 0.172. The van der Waals surface area contributed by atoms with Crippen LogP contribution in [-0.4, -0.2) is 13.2 Å². The highest BCUT2D eigenvalue weighted by Gasteiger charge is 2.30. The number of benzene rings is 1. The second kappa shape index (κ2) is 5.96. The molecule has 0 spiro atoms. The van der Waals surface area contributed by atoms with Gasteiger partial charge in [0.15, 0.2) is 0 Å². The molecular weight excluding hydrogens is 234 g/mol. The first kappa shape index (κ1) is 14.4. The van der Waals surface area contributed by atoms with E-state index in [4.69, 9.17) is 10.5 Å². The fraction of sp³-hybridized carbons (Fsp3) is 0.647. The van der Waals surface area contributed by atoms with Crippen molar-refractivity contribution < 1.29 is 4.74 Å². The van der Waals surface area contributed by atoms with Crippen LogP contribution in [0.3, 0.4) is 0 Å². The van der Waals surface area contributed by atoms with Crippen molar-refractivity contribution in [3.05, 3.63) is 29.8 Å². The van der Waals surface area contributed by atoms with E-state index in [0.717, 1.165) is 12.2 Å². The van der Waals surface area contributed by atoms with Crippen molar-refractivity contribution in [2.24, 2.45) is 17.1 Å². The molecule has 19 heavy (non-hydrogen) atoms. The van der Waals surface area contributed by atoms with Crippen LogP contribution in [0.2, 0.25) is 0 Å². The molecule has 1 aromatic rings. The van der Waals surface area contributed by atoms with Gasteiger partial charge in [-0.1, -0.05) is 32.0 Å². The molecule has 0 aliphatic heterocycles. The maximum atomic E-state index is 6.44. The molecule has 0 heterocycles. The predicted molar refractivity (Wildman–Crippen MR) is 80.4 cm³/mol. The lowest BCUT2D eigenvalue weighted by atomic mass is 9.70. The summed E-state index contributed by atoms with van der Waals surface area (Å²) in [7, 11) is 1.73. The molecule has 0 radical (unpaired) electrons. The van der Waals surface area contributed by atoms with Crippen molar-refractivity contribution in [3.8, 4) is 5.75 Å². The van der Waals surface area contributed by atoms with Gasteiger partial charge in [0.05, 0.1) is 7.11 Å². The molecule has 1 aliphatic rings. The van der Waals surface area contributed by atoms with E-state index >= 15 is 0 Å². The zero-order chi connectivity index (χ0) is 13.9. The summed E-state index contributed by atoms with van der Waals surface area (Å²) < 4.78 is 5.41. The van der Waals surface area contributed by atoms with Crippen LogP contribution in [0.25, 0.3) is 0 Å². The van der Waals surface area contributed by atoms with E-state index in [9.17, 15) is 0 Å². The highest BCUT2D eigenvalue weighted by atomic mass is 16.5. The summed E-state index contributed by atoms with van der Waals surface area (Å²) in [6.45, 7) is 4.74. The number of hydrogen-bond donors (Lipinski definition) is 1. The first-order chi connectivity index (χ1) is 9.02. The first-order valence-corrected chi connectivity index (χ1v) is 7.39. The molecule has 1 fully saturated rings. The number of nitrogens with two attached hydrogens (primary N) is 1. The zero-order valence-electron chi connectivity index (χ0n) is 12.5. The van der Waals surface area contributed by atoms with Gasteiger partial charge < -0.3 is 10.5 Å². The molecule has 1 aliphatic carbocycles. The van der Waals surface area contributed by atoms with Gasteiger partial charge in [-0.2, -0.15) is 0 Å². The van der Waals surface area contributed by atoms with Crippen LogP contribution >= 0.6 is 0 Å². The molecule has 2 heteroatoms. The molecular formula is C17H27NO. The highest BCUT2D eigenvalue weighted by molar-refractivity contribution is 5.33. The van der Waals surface area contributed by atoms with Gasteiger partial charge >= 0.3 is 0 Å². The standard InChI is InChI=1S/C17H27NO/c1-17(2)10-8-13(9-11-17)15(18)12-14-6-4-5-7-16(14)19-3/h4-7,13,15H,8-12,18H2,1-3H3. The largest absolute Gasteiger partial charge is 0.496 e. The maximum absolute atomic E-state index is 6.44. The van der Waals surface area contributed by atoms with E-state index < -0.39 is 0 Å². The third-order valence-corrected chi connectivity index (χ3v) is 4.64. The van der Waals surface area contributed by atoms with Crippen molar-refractivity contribution >= 4 is 0 Å². The summed E-state index contributed by atoms with van der Waals surface area (Å²) in [6.07, 6.45) is 6.07. The number of hydrogen-bond acceptors (Lipinski definition) is 2. The van der Waals surface area contributed by atoms with E-state index in [1.54, 1.807) is 7.11 Å². The van der Waals surface area contributed by atoms with Gasteiger partial charge in [0.2, 0.25) is 0 Å². The summed E-state index contributed by atoms with van der Waals surface area (Å²) in [4.78, 5) is 0. The van der Waals surface area contributed by atoms with Gasteiger partial charge in [0.25, 0.3) is 0 Å². The van der Waals surface area contributed by atoms with Crippen LogP contribution in [-0.2, 0) is 6.42 Å². The van der Waals surface area contributed by atoms with Crippen LogP contribution < -0.4 is 10.5 Å². The molecule has 0 amide bonds. The van der Waals surface area contributed by atoms with Gasteiger partial charge in [-0.15, -0.1) is 0 Å². The smallest absolute Gasteiger partial charge is 0.122 e. The van der Waals surface area contributed by atoms with Crippen molar-refractivity contribution in [1.82, 2.24) is 0 Å². The minimum Gasteiger partial charge on any atom is -0.496 e. The summed E-state index contributed by atoms with van der Waals surface area (Å²) in [5.74, 6) is 1.63. The second-order valence-corrected chi connectivity index (χ2v) is 6.68. The van der Waals surface area contributed by atoms with Gasteiger partial charge in [-0.3, -0.25) is 0 Å². The Morgan fingerprint density at radius 1 is 1.26 bits per heavy atom. The normalized spacial score (nSPS) is 21.1. The molecule has 1 atom stereocenters. The van der Waals surface area contributed by atoms with E-state index in [1.807, 2.05) is 12.1 Å². The molecule has 2 nitrogen and oxygen atoms in total. The first-order valence-electron chi connectivity index (χ1n) is 7.39. The third-order valence-electron chi connectivity index (χ3n) is 4.64. The quantitative estimate of drug-likeness (QED) is 0.895. The molecule has 2 N–H and O–H groups in total. The van der Waals surface area contributed by atoms with Crippen LogP contribution in [0, 0.1) is 11.3 Å². The van der Waals surface area contributed by atoms with Crippen LogP contribution in [0.5, 0.6) is 5.75 Å². The Labute approximate surface area is 117 Å². The highest BCUT2D eigenvalue weighted by Crippen LogP contribution is 2.39. The SMILES string of the molecule is COc1ccccc1CC(N)C1CCC(C)(C)CC1. The van der Waals surface area contributed by atoms with Gasteiger partial charge in [-0.05, 0) is 55.1 Å². The Bertz CT molecular complexity index is 403. The van der Waals surface area contributed by atoms with Gasteiger partial charge in [-0.25, -0.2) is 0 Å². The lowest BCUT2D eigenvalue weighted by Crippen LogP contribution is -2.36. The summed E-state index contributed by atoms with van der Waals surface area (Å²) >= 11 is 0. The zero-order valence-corrected chi connectivity index (χ0v) is 12.5. The van der Waals surface area contributed by atoms with Gasteiger partial charge in [0, 0.05) is 6.04 Å². The van der Waals surface area contributed by atoms with E-state index in [0.29, 0.717) is 11.3 Å². The number of ether oxygens (including phenoxy) is 1. The Morgan fingerprint density at radius 3 is 2.53 bits per heavy atom. The van der Waals surface area contributed by atoms with Crippen molar-refractivity contribution in [2.45, 2.75) is 52.0 Å². The topological polar surface area (TPSA) is 35.2 Å². The van der Waals surface area contributed by atoms with Gasteiger partial charge in [0.1, 0.15) is 5.75 Å². The molecule has 1 unspecified atom stereocenters. The number of methoxy groups -OCH3 is 1. The van der Waals surface area contributed by atoms with Crippen molar-refractivity contribution in [2.75, 3.05) is 7.11 Å². The lowest BCUT2D eigenvalue weighted by Gasteiger charge is -2.37. The molecule has 0 aromatic heterocycles. The maximum Gasteiger partial charge on any atom is 0.122 e. The number of para-hydroxylation sites is 1. The summed E-state index contributed by atoms with van der Waals surface area (Å²) in [5, 5.41) is 0. The third kappa shape index (κ3) is 3.73. The average molecular weight is 261 g/mol. The summed E-state index contributed by atoms with van der Waals surface area (Å²) in [6, 6.07) is 8.48. The monoisotopic (exact) mass is 261 g/mol.